The number of benzene rings is 3. The summed E-state index contributed by atoms with van der Waals surface area (Å²) >= 11 is 12.2. The van der Waals surface area contributed by atoms with Gasteiger partial charge >= 0.3 is 5.69 Å². The molecule has 0 aliphatic rings. The summed E-state index contributed by atoms with van der Waals surface area (Å²) in [6.07, 6.45) is 0. The van der Waals surface area contributed by atoms with Gasteiger partial charge in [0.1, 0.15) is 6.54 Å². The van der Waals surface area contributed by atoms with E-state index in [-0.39, 0.29) is 29.4 Å². The minimum atomic E-state index is -0.658. The lowest BCUT2D eigenvalue weighted by atomic mass is 10.1. The summed E-state index contributed by atoms with van der Waals surface area (Å²) in [5, 5.41) is 3.89. The van der Waals surface area contributed by atoms with Gasteiger partial charge < -0.3 is 5.32 Å². The zero-order valence-corrected chi connectivity index (χ0v) is 18.6. The number of carbonyl (C=O) groups is 1. The molecule has 0 saturated carbocycles. The van der Waals surface area contributed by atoms with Crippen LogP contribution in [0.25, 0.3) is 16.6 Å². The Morgan fingerprint density at radius 2 is 1.66 bits per heavy atom. The van der Waals surface area contributed by atoms with Crippen LogP contribution in [0.5, 0.6) is 0 Å². The summed E-state index contributed by atoms with van der Waals surface area (Å²) in [6.45, 7) is 1.57. The first kappa shape index (κ1) is 21.9. The van der Waals surface area contributed by atoms with Gasteiger partial charge in [-0.25, -0.2) is 9.36 Å². The lowest BCUT2D eigenvalue weighted by Gasteiger charge is -2.17. The Hall–Kier alpha value is -3.35. The normalized spacial score (nSPS) is 12.0. The standard InChI is InChI=1S/C24H19Cl2N3O3/c1-15(16-6-3-2-4-7-16)27-22(30)14-28-21-13-18(26)10-11-20(21)23(31)29(24(28)32)19-9-5-8-17(25)12-19/h2-13,15H,14H2,1H3,(H,27,30). The monoisotopic (exact) mass is 467 g/mol. The molecule has 0 fully saturated rings. The molecule has 0 saturated heterocycles. The van der Waals surface area contributed by atoms with E-state index in [2.05, 4.69) is 5.32 Å². The van der Waals surface area contributed by atoms with Crippen LogP contribution in [0.4, 0.5) is 0 Å². The number of carbonyl (C=O) groups excluding carboxylic acids is 1. The van der Waals surface area contributed by atoms with Crippen LogP contribution >= 0.6 is 23.2 Å². The van der Waals surface area contributed by atoms with Crippen molar-refractivity contribution in [3.05, 3.63) is 109 Å². The van der Waals surface area contributed by atoms with Crippen LogP contribution in [-0.4, -0.2) is 15.0 Å². The van der Waals surface area contributed by atoms with Gasteiger partial charge in [-0.05, 0) is 48.9 Å². The van der Waals surface area contributed by atoms with Crippen molar-refractivity contribution in [1.82, 2.24) is 14.5 Å². The van der Waals surface area contributed by atoms with Gasteiger partial charge in [0.15, 0.2) is 0 Å². The highest BCUT2D eigenvalue weighted by molar-refractivity contribution is 6.31. The molecule has 162 valence electrons. The second kappa shape index (κ2) is 9.02. The van der Waals surface area contributed by atoms with Crippen LogP contribution in [0.15, 0.2) is 82.4 Å². The van der Waals surface area contributed by atoms with Crippen LogP contribution in [0.3, 0.4) is 0 Å². The number of amides is 1. The number of nitrogens with zero attached hydrogens (tertiary/aromatic N) is 2. The number of aromatic nitrogens is 2. The minimum absolute atomic E-state index is 0.256. The molecule has 4 aromatic rings. The minimum Gasteiger partial charge on any atom is -0.348 e. The molecule has 6 nitrogen and oxygen atoms in total. The molecule has 0 aliphatic heterocycles. The molecule has 8 heteroatoms. The number of rotatable bonds is 5. The lowest BCUT2D eigenvalue weighted by molar-refractivity contribution is -0.122. The molecule has 1 amide bonds. The zero-order valence-electron chi connectivity index (χ0n) is 17.1. The first-order valence-electron chi connectivity index (χ1n) is 9.90. The molecule has 1 heterocycles. The van der Waals surface area contributed by atoms with Crippen LogP contribution in [0.1, 0.15) is 18.5 Å². The number of fused-ring (bicyclic) bond motifs is 1. The van der Waals surface area contributed by atoms with E-state index in [1.807, 2.05) is 37.3 Å². The van der Waals surface area contributed by atoms with Crippen LogP contribution in [0, 0.1) is 0 Å². The molecular weight excluding hydrogens is 449 g/mol. The Balaban J connectivity index is 1.81. The van der Waals surface area contributed by atoms with E-state index >= 15 is 0 Å². The van der Waals surface area contributed by atoms with Crippen LogP contribution < -0.4 is 16.6 Å². The van der Waals surface area contributed by atoms with Crippen molar-refractivity contribution in [2.24, 2.45) is 0 Å². The van der Waals surface area contributed by atoms with Gasteiger partial charge in [-0.3, -0.25) is 14.2 Å². The predicted octanol–water partition coefficient (Wildman–Crippen LogP) is 4.34. The topological polar surface area (TPSA) is 73.1 Å². The molecular formula is C24H19Cl2N3O3. The maximum Gasteiger partial charge on any atom is 0.336 e. The maximum absolute atomic E-state index is 13.4. The number of hydrogen-bond acceptors (Lipinski definition) is 3. The van der Waals surface area contributed by atoms with E-state index in [9.17, 15) is 14.4 Å². The Morgan fingerprint density at radius 3 is 2.38 bits per heavy atom. The van der Waals surface area contributed by atoms with E-state index in [4.69, 9.17) is 23.2 Å². The Labute approximate surface area is 193 Å². The fourth-order valence-corrected chi connectivity index (χ4v) is 3.94. The summed E-state index contributed by atoms with van der Waals surface area (Å²) in [7, 11) is 0. The molecule has 32 heavy (non-hydrogen) atoms. The summed E-state index contributed by atoms with van der Waals surface area (Å²) in [6, 6.07) is 20.3. The molecule has 0 radical (unpaired) electrons. The summed E-state index contributed by atoms with van der Waals surface area (Å²) in [4.78, 5) is 39.4. The third-order valence-corrected chi connectivity index (χ3v) is 5.62. The SMILES string of the molecule is CC(NC(=O)Cn1c(=O)n(-c2cccc(Cl)c2)c(=O)c2ccc(Cl)cc21)c1ccccc1. The van der Waals surface area contributed by atoms with Gasteiger partial charge in [-0.15, -0.1) is 0 Å². The zero-order chi connectivity index (χ0) is 22.8. The van der Waals surface area contributed by atoms with Crippen molar-refractivity contribution in [2.45, 2.75) is 19.5 Å². The van der Waals surface area contributed by atoms with Gasteiger partial charge in [-0.1, -0.05) is 59.6 Å². The third kappa shape index (κ3) is 4.33. The molecule has 1 N–H and O–H groups in total. The Kier molecular flexibility index (Phi) is 6.17. The average Bonchev–Trinajstić information content (AvgIpc) is 2.77. The maximum atomic E-state index is 13.4. The van der Waals surface area contributed by atoms with Crippen LogP contribution in [0.2, 0.25) is 10.0 Å². The van der Waals surface area contributed by atoms with Gasteiger partial charge in [0.2, 0.25) is 5.91 Å². The van der Waals surface area contributed by atoms with Gasteiger partial charge in [0.05, 0.1) is 22.6 Å². The van der Waals surface area contributed by atoms with E-state index in [0.29, 0.717) is 15.7 Å². The highest BCUT2D eigenvalue weighted by Gasteiger charge is 2.18. The quantitative estimate of drug-likeness (QED) is 0.474. The number of halogens is 2. The van der Waals surface area contributed by atoms with Gasteiger partial charge in [0.25, 0.3) is 5.56 Å². The molecule has 1 aromatic heterocycles. The largest absolute Gasteiger partial charge is 0.348 e. The molecule has 1 atom stereocenters. The van der Waals surface area contributed by atoms with Crippen molar-refractivity contribution in [2.75, 3.05) is 0 Å². The van der Waals surface area contributed by atoms with Crippen LogP contribution in [-0.2, 0) is 11.3 Å². The highest BCUT2D eigenvalue weighted by Crippen LogP contribution is 2.18. The predicted molar refractivity (Wildman–Crippen MR) is 127 cm³/mol. The molecule has 0 aliphatic carbocycles. The summed E-state index contributed by atoms with van der Waals surface area (Å²) < 4.78 is 2.26. The fraction of sp³-hybridized carbons (Fsp3) is 0.125. The molecule has 1 unspecified atom stereocenters. The molecule has 3 aromatic carbocycles. The smallest absolute Gasteiger partial charge is 0.336 e. The number of hydrogen-bond donors (Lipinski definition) is 1. The first-order valence-corrected chi connectivity index (χ1v) is 10.7. The molecule has 4 rings (SSSR count). The number of nitrogens with one attached hydrogen (secondary N) is 1. The first-order chi connectivity index (χ1) is 15.3. The van der Waals surface area contributed by atoms with Gasteiger partial charge in [0, 0.05) is 10.0 Å². The second-order valence-corrected chi connectivity index (χ2v) is 8.22. The van der Waals surface area contributed by atoms with E-state index in [1.54, 1.807) is 30.3 Å². The van der Waals surface area contributed by atoms with Crippen molar-refractivity contribution < 1.29 is 4.79 Å². The van der Waals surface area contributed by atoms with Crippen molar-refractivity contribution >= 4 is 40.0 Å². The highest BCUT2D eigenvalue weighted by atomic mass is 35.5. The van der Waals surface area contributed by atoms with E-state index in [0.717, 1.165) is 10.1 Å². The van der Waals surface area contributed by atoms with E-state index < -0.39 is 11.2 Å². The Morgan fingerprint density at radius 1 is 0.938 bits per heavy atom. The summed E-state index contributed by atoms with van der Waals surface area (Å²) in [5.41, 5.74) is 0.363. The Bertz CT molecular complexity index is 1430. The van der Waals surface area contributed by atoms with Gasteiger partial charge in [-0.2, -0.15) is 0 Å². The second-order valence-electron chi connectivity index (χ2n) is 7.35. The van der Waals surface area contributed by atoms with Crippen molar-refractivity contribution in [3.8, 4) is 5.69 Å². The van der Waals surface area contributed by atoms with Crippen molar-refractivity contribution in [1.29, 1.82) is 0 Å². The lowest BCUT2D eigenvalue weighted by Crippen LogP contribution is -2.42. The third-order valence-electron chi connectivity index (χ3n) is 5.15. The molecule has 0 bridgehead atoms. The average molecular weight is 468 g/mol. The fourth-order valence-electron chi connectivity index (χ4n) is 3.59. The van der Waals surface area contributed by atoms with E-state index in [1.165, 1.54) is 16.7 Å². The molecule has 0 spiro atoms. The van der Waals surface area contributed by atoms with Crippen molar-refractivity contribution in [3.63, 3.8) is 0 Å². The summed E-state index contributed by atoms with van der Waals surface area (Å²) in [5.74, 6) is -0.374.